The van der Waals surface area contributed by atoms with Crippen LogP contribution in [-0.4, -0.2) is 12.6 Å². The van der Waals surface area contributed by atoms with E-state index in [0.717, 1.165) is 0 Å². The van der Waals surface area contributed by atoms with Gasteiger partial charge in [0, 0.05) is 5.92 Å². The lowest BCUT2D eigenvalue weighted by Crippen LogP contribution is -2.31. The smallest absolute Gasteiger partial charge is 0.425 e. The number of hydrogen-bond acceptors (Lipinski definition) is 3. The largest absolute Gasteiger partial charge is 0.442 e. The third-order valence-electron chi connectivity index (χ3n) is 1.01. The van der Waals surface area contributed by atoms with Gasteiger partial charge in [0.15, 0.2) is 0 Å². The number of hydrogen-bond donors (Lipinski definition) is 0. The van der Waals surface area contributed by atoms with E-state index in [1.807, 2.05) is 6.92 Å². The first-order chi connectivity index (χ1) is 4.83. The van der Waals surface area contributed by atoms with Crippen LogP contribution in [0.5, 0.6) is 0 Å². The van der Waals surface area contributed by atoms with Gasteiger partial charge in [0.2, 0.25) is 0 Å². The summed E-state index contributed by atoms with van der Waals surface area (Å²) in [5, 5.41) is 0. The van der Waals surface area contributed by atoms with Gasteiger partial charge in [-0.1, -0.05) is 0 Å². The van der Waals surface area contributed by atoms with Crippen molar-refractivity contribution >= 4 is 0 Å². The molecule has 0 radical (unpaired) electrons. The van der Waals surface area contributed by atoms with E-state index in [1.54, 1.807) is 0 Å². The van der Waals surface area contributed by atoms with Crippen molar-refractivity contribution in [2.24, 2.45) is 0 Å². The first-order valence-corrected chi connectivity index (χ1v) is 2.95. The summed E-state index contributed by atoms with van der Waals surface area (Å²) >= 11 is 0. The molecule has 54 valence electrons. The standard InChI is InChI=1S/C7H8O3/c1-3-7(8-4-2)9-5-6-10-7/h1,5-6H,4H2,2H3. The van der Waals surface area contributed by atoms with E-state index in [4.69, 9.17) is 20.6 Å². The van der Waals surface area contributed by atoms with E-state index < -0.39 is 5.97 Å². The highest BCUT2D eigenvalue weighted by molar-refractivity contribution is 5.01. The van der Waals surface area contributed by atoms with Crippen LogP contribution in [0, 0.1) is 12.3 Å². The van der Waals surface area contributed by atoms with Crippen LogP contribution in [0.25, 0.3) is 0 Å². The first kappa shape index (κ1) is 6.97. The van der Waals surface area contributed by atoms with Crippen LogP contribution in [0.4, 0.5) is 0 Å². The van der Waals surface area contributed by atoms with Crippen LogP contribution in [0.3, 0.4) is 0 Å². The first-order valence-electron chi connectivity index (χ1n) is 2.95. The molecule has 3 nitrogen and oxygen atoms in total. The van der Waals surface area contributed by atoms with Gasteiger partial charge < -0.3 is 9.47 Å². The van der Waals surface area contributed by atoms with Gasteiger partial charge in [0.1, 0.15) is 12.5 Å². The van der Waals surface area contributed by atoms with Crippen molar-refractivity contribution in [2.45, 2.75) is 12.9 Å². The van der Waals surface area contributed by atoms with E-state index in [1.165, 1.54) is 12.5 Å². The summed E-state index contributed by atoms with van der Waals surface area (Å²) in [5.41, 5.74) is 0. The molecule has 0 aliphatic carbocycles. The van der Waals surface area contributed by atoms with Crippen molar-refractivity contribution in [3.8, 4) is 12.3 Å². The zero-order valence-corrected chi connectivity index (χ0v) is 5.66. The number of terminal acetylenes is 1. The minimum Gasteiger partial charge on any atom is -0.425 e. The molecule has 0 saturated heterocycles. The molecule has 0 atom stereocenters. The molecule has 1 heterocycles. The monoisotopic (exact) mass is 140 g/mol. The Morgan fingerprint density at radius 3 is 2.60 bits per heavy atom. The molecule has 0 amide bonds. The van der Waals surface area contributed by atoms with Gasteiger partial charge in [-0.25, -0.2) is 0 Å². The van der Waals surface area contributed by atoms with Gasteiger partial charge in [-0.15, -0.1) is 6.42 Å². The van der Waals surface area contributed by atoms with Crippen LogP contribution >= 0.6 is 0 Å². The zero-order valence-electron chi connectivity index (χ0n) is 5.66. The van der Waals surface area contributed by atoms with E-state index in [9.17, 15) is 0 Å². The summed E-state index contributed by atoms with van der Waals surface area (Å²) in [6, 6.07) is 0. The number of rotatable bonds is 2. The molecule has 0 N–H and O–H groups in total. The van der Waals surface area contributed by atoms with Crippen LogP contribution in [-0.2, 0) is 14.2 Å². The second kappa shape index (κ2) is 2.63. The molecule has 0 bridgehead atoms. The molecule has 10 heavy (non-hydrogen) atoms. The summed E-state index contributed by atoms with van der Waals surface area (Å²) in [6.45, 7) is 2.26. The molecule has 1 aliphatic heterocycles. The Bertz CT molecular complexity index is 170. The molecule has 1 aliphatic rings. The molecular formula is C7H8O3. The Labute approximate surface area is 59.6 Å². The quantitative estimate of drug-likeness (QED) is 0.531. The maximum atomic E-state index is 5.09. The lowest BCUT2D eigenvalue weighted by molar-refractivity contribution is -0.277. The highest BCUT2D eigenvalue weighted by Crippen LogP contribution is 2.20. The van der Waals surface area contributed by atoms with Gasteiger partial charge in [-0.2, -0.15) is 0 Å². The average Bonchev–Trinajstić information content (AvgIpc) is 2.39. The maximum Gasteiger partial charge on any atom is 0.442 e. The second-order valence-electron chi connectivity index (χ2n) is 1.64. The van der Waals surface area contributed by atoms with Crippen molar-refractivity contribution in [1.82, 2.24) is 0 Å². The minimum absolute atomic E-state index is 0.450. The third kappa shape index (κ3) is 1.07. The molecule has 0 fully saturated rings. The van der Waals surface area contributed by atoms with Gasteiger partial charge in [-0.3, -0.25) is 4.74 Å². The minimum atomic E-state index is -1.30. The lowest BCUT2D eigenvalue weighted by Gasteiger charge is -2.19. The normalized spacial score (nSPS) is 19.2. The molecule has 0 saturated carbocycles. The average molecular weight is 140 g/mol. The molecule has 0 unspecified atom stereocenters. The second-order valence-corrected chi connectivity index (χ2v) is 1.64. The van der Waals surface area contributed by atoms with Crippen molar-refractivity contribution in [3.05, 3.63) is 12.5 Å². The number of ether oxygens (including phenoxy) is 3. The SMILES string of the molecule is C#CC1(OCC)OC=CO1. The molecular weight excluding hydrogens is 132 g/mol. The fourth-order valence-electron chi connectivity index (χ4n) is 0.630. The predicted molar refractivity (Wildman–Crippen MR) is 34.5 cm³/mol. The maximum absolute atomic E-state index is 5.09. The lowest BCUT2D eigenvalue weighted by atomic mass is 10.6. The zero-order chi connectivity index (χ0) is 7.45. The summed E-state index contributed by atoms with van der Waals surface area (Å²) in [5.74, 6) is 0.952. The van der Waals surface area contributed by atoms with Crippen LogP contribution < -0.4 is 0 Å². The fraction of sp³-hybridized carbons (Fsp3) is 0.429. The van der Waals surface area contributed by atoms with E-state index in [-0.39, 0.29) is 0 Å². The molecule has 0 spiro atoms. The van der Waals surface area contributed by atoms with Crippen molar-refractivity contribution in [2.75, 3.05) is 6.61 Å². The summed E-state index contributed by atoms with van der Waals surface area (Å²) in [4.78, 5) is 0. The van der Waals surface area contributed by atoms with Gasteiger partial charge in [-0.05, 0) is 6.92 Å². The van der Waals surface area contributed by atoms with Gasteiger partial charge in [0.25, 0.3) is 0 Å². The molecule has 1 rings (SSSR count). The summed E-state index contributed by atoms with van der Waals surface area (Å²) in [6.07, 6.45) is 7.80. The molecule has 0 aromatic carbocycles. The Morgan fingerprint density at radius 1 is 1.60 bits per heavy atom. The van der Waals surface area contributed by atoms with Crippen molar-refractivity contribution in [3.63, 3.8) is 0 Å². The van der Waals surface area contributed by atoms with Crippen molar-refractivity contribution < 1.29 is 14.2 Å². The van der Waals surface area contributed by atoms with Crippen molar-refractivity contribution in [1.29, 1.82) is 0 Å². The van der Waals surface area contributed by atoms with E-state index in [2.05, 4.69) is 5.92 Å². The Balaban J connectivity index is 2.55. The predicted octanol–water partition coefficient (Wildman–Crippen LogP) is 0.828. The molecule has 0 aromatic heterocycles. The summed E-state index contributed by atoms with van der Waals surface area (Å²) in [7, 11) is 0. The molecule has 3 heteroatoms. The third-order valence-corrected chi connectivity index (χ3v) is 1.01. The van der Waals surface area contributed by atoms with E-state index in [0.29, 0.717) is 6.61 Å². The van der Waals surface area contributed by atoms with Crippen LogP contribution in [0.1, 0.15) is 6.92 Å². The Morgan fingerprint density at radius 2 is 2.20 bits per heavy atom. The highest BCUT2D eigenvalue weighted by atomic mass is 16.9. The topological polar surface area (TPSA) is 27.7 Å². The highest BCUT2D eigenvalue weighted by Gasteiger charge is 2.34. The Hall–Kier alpha value is -1.14. The molecule has 0 aromatic rings. The summed E-state index contributed by atoms with van der Waals surface area (Å²) < 4.78 is 14.7. The van der Waals surface area contributed by atoms with E-state index >= 15 is 0 Å². The van der Waals surface area contributed by atoms with Crippen LogP contribution in [0.2, 0.25) is 0 Å². The van der Waals surface area contributed by atoms with Gasteiger partial charge in [0.05, 0.1) is 6.61 Å². The Kier molecular flexibility index (Phi) is 1.83. The van der Waals surface area contributed by atoms with Crippen LogP contribution in [0.15, 0.2) is 12.5 Å². The fourth-order valence-corrected chi connectivity index (χ4v) is 0.630. The van der Waals surface area contributed by atoms with Gasteiger partial charge >= 0.3 is 5.97 Å².